The van der Waals surface area contributed by atoms with Crippen LogP contribution in [0.15, 0.2) is 64.3 Å². The Labute approximate surface area is 150 Å². The molecule has 0 aliphatic rings. The van der Waals surface area contributed by atoms with Gasteiger partial charge in [-0.05, 0) is 17.0 Å². The van der Waals surface area contributed by atoms with Crippen molar-refractivity contribution < 1.29 is 22.7 Å². The van der Waals surface area contributed by atoms with E-state index in [1.165, 1.54) is 7.11 Å². The minimum Gasteiger partial charge on any atom is -0.495 e. The molecule has 2 aromatic carbocycles. The molecule has 3 rings (SSSR count). The van der Waals surface area contributed by atoms with Crippen LogP contribution in [0.3, 0.4) is 0 Å². The molecule has 0 unspecified atom stereocenters. The highest BCUT2D eigenvalue weighted by atomic mass is 32.2. The minimum atomic E-state index is -3.84. The van der Waals surface area contributed by atoms with Gasteiger partial charge in [-0.15, -0.1) is 0 Å². The van der Waals surface area contributed by atoms with Crippen LogP contribution in [-0.4, -0.2) is 33.0 Å². The summed E-state index contributed by atoms with van der Waals surface area (Å²) in [4.78, 5) is 0.107. The van der Waals surface area contributed by atoms with Crippen LogP contribution in [0.5, 0.6) is 5.75 Å². The molecule has 1 N–H and O–H groups in total. The molecule has 0 aliphatic heterocycles. The van der Waals surface area contributed by atoms with Crippen molar-refractivity contribution in [2.75, 3.05) is 24.7 Å². The van der Waals surface area contributed by atoms with Gasteiger partial charge in [-0.2, -0.15) is 0 Å². The maximum absolute atomic E-state index is 12.6. The van der Waals surface area contributed by atoms with Gasteiger partial charge in [-0.3, -0.25) is 4.63 Å². The Morgan fingerprint density at radius 3 is 2.58 bits per heavy atom. The largest absolute Gasteiger partial charge is 0.495 e. The van der Waals surface area contributed by atoms with Crippen LogP contribution in [0, 0.1) is 5.21 Å². The van der Waals surface area contributed by atoms with Crippen LogP contribution in [0.4, 0.5) is 5.69 Å². The first-order valence-corrected chi connectivity index (χ1v) is 9.43. The number of aromatic nitrogens is 2. The van der Waals surface area contributed by atoms with Crippen molar-refractivity contribution in [1.82, 2.24) is 5.16 Å². The van der Waals surface area contributed by atoms with Gasteiger partial charge in [0.25, 0.3) is 0 Å². The number of benzene rings is 2. The lowest BCUT2D eigenvalue weighted by atomic mass is 10.2. The molecule has 136 valence electrons. The van der Waals surface area contributed by atoms with Crippen molar-refractivity contribution in [3.63, 3.8) is 0 Å². The third-order valence-corrected chi connectivity index (χ3v) is 5.32. The molecule has 8 nitrogen and oxygen atoms in total. The number of rotatable bonds is 7. The van der Waals surface area contributed by atoms with Gasteiger partial charge in [-0.25, -0.2) is 8.42 Å². The molecule has 0 aliphatic carbocycles. The van der Waals surface area contributed by atoms with E-state index in [0.717, 1.165) is 0 Å². The van der Waals surface area contributed by atoms with E-state index in [9.17, 15) is 13.6 Å². The maximum atomic E-state index is 12.6. The predicted octanol–water partition coefficient (Wildman–Crippen LogP) is 1.87. The number of nitrogens with one attached hydrogen (secondary N) is 1. The Bertz CT molecular complexity index is 987. The summed E-state index contributed by atoms with van der Waals surface area (Å²) in [6, 6.07) is 15.6. The molecule has 0 bridgehead atoms. The number of sulfone groups is 1. The standard InChI is InChI=1S/C17H17N3O5S/c1-24-15-10-6-5-9-14(15)18-11-12-26(22,23)17-16(20(21)25-19-17)13-7-3-2-4-8-13/h2-10,18H,11-12H2,1H3. The van der Waals surface area contributed by atoms with Crippen molar-refractivity contribution in [2.45, 2.75) is 5.03 Å². The van der Waals surface area contributed by atoms with Gasteiger partial charge in [0.05, 0.1) is 23.7 Å². The lowest BCUT2D eigenvalue weighted by molar-refractivity contribution is -0.793. The molecule has 1 heterocycles. The molecule has 0 radical (unpaired) electrons. The normalized spacial score (nSPS) is 11.3. The monoisotopic (exact) mass is 375 g/mol. The summed E-state index contributed by atoms with van der Waals surface area (Å²) in [5.74, 6) is 0.339. The lowest BCUT2D eigenvalue weighted by Gasteiger charge is -2.10. The van der Waals surface area contributed by atoms with E-state index in [1.54, 1.807) is 42.5 Å². The topological polar surface area (TPSA) is 108 Å². The third kappa shape index (κ3) is 3.62. The van der Waals surface area contributed by atoms with Crippen molar-refractivity contribution in [2.24, 2.45) is 0 Å². The Morgan fingerprint density at radius 2 is 1.85 bits per heavy atom. The van der Waals surface area contributed by atoms with Gasteiger partial charge in [-0.1, -0.05) is 42.5 Å². The molecule has 9 heteroatoms. The fourth-order valence-corrected chi connectivity index (χ4v) is 3.67. The van der Waals surface area contributed by atoms with Crippen molar-refractivity contribution >= 4 is 15.5 Å². The fourth-order valence-electron chi connectivity index (χ4n) is 2.47. The SMILES string of the molecule is COc1ccccc1NCCS(=O)(=O)c1no[n+]([O-])c1-c1ccccc1. The summed E-state index contributed by atoms with van der Waals surface area (Å²) < 4.78 is 35.0. The van der Waals surface area contributed by atoms with E-state index in [1.807, 2.05) is 12.1 Å². The Hall–Kier alpha value is -3.07. The number of hydrogen-bond donors (Lipinski definition) is 1. The zero-order valence-corrected chi connectivity index (χ0v) is 14.8. The molecule has 0 atom stereocenters. The van der Waals surface area contributed by atoms with Crippen LogP contribution in [0.25, 0.3) is 11.3 Å². The predicted molar refractivity (Wildman–Crippen MR) is 94.4 cm³/mol. The molecular weight excluding hydrogens is 358 g/mol. The first-order chi connectivity index (χ1) is 12.5. The van der Waals surface area contributed by atoms with Gasteiger partial charge in [0.1, 0.15) is 5.75 Å². The number of methoxy groups -OCH3 is 1. The Kier molecular flexibility index (Phi) is 5.08. The Balaban J connectivity index is 1.79. The van der Waals surface area contributed by atoms with Crippen LogP contribution in [0.2, 0.25) is 0 Å². The van der Waals surface area contributed by atoms with E-state index in [-0.39, 0.29) is 27.9 Å². The Morgan fingerprint density at radius 1 is 1.15 bits per heavy atom. The van der Waals surface area contributed by atoms with E-state index in [2.05, 4.69) is 15.1 Å². The molecule has 0 fully saturated rings. The van der Waals surface area contributed by atoms with Gasteiger partial charge in [0.15, 0.2) is 0 Å². The number of hydrogen-bond acceptors (Lipinski definition) is 7. The maximum Gasteiger partial charge on any atom is 0.339 e. The highest BCUT2D eigenvalue weighted by molar-refractivity contribution is 7.91. The summed E-state index contributed by atoms with van der Waals surface area (Å²) in [6.07, 6.45) is 0. The summed E-state index contributed by atoms with van der Waals surface area (Å²) >= 11 is 0. The zero-order chi connectivity index (χ0) is 18.6. The first-order valence-electron chi connectivity index (χ1n) is 7.78. The molecule has 0 amide bonds. The second-order valence-electron chi connectivity index (χ2n) is 5.40. The van der Waals surface area contributed by atoms with Gasteiger partial charge in [0.2, 0.25) is 15.5 Å². The van der Waals surface area contributed by atoms with E-state index >= 15 is 0 Å². The van der Waals surface area contributed by atoms with Gasteiger partial charge in [0, 0.05) is 12.1 Å². The average Bonchev–Trinajstić information content (AvgIpc) is 3.05. The van der Waals surface area contributed by atoms with Crippen LogP contribution >= 0.6 is 0 Å². The minimum absolute atomic E-state index is 0.107. The smallest absolute Gasteiger partial charge is 0.339 e. The number of nitrogens with zero attached hydrogens (tertiary/aromatic N) is 2. The van der Waals surface area contributed by atoms with Crippen molar-refractivity contribution in [1.29, 1.82) is 0 Å². The summed E-state index contributed by atoms with van der Waals surface area (Å²) in [7, 11) is -2.30. The van der Waals surface area contributed by atoms with Crippen LogP contribution < -0.4 is 15.0 Å². The first kappa shape index (κ1) is 17.7. The average molecular weight is 375 g/mol. The highest BCUT2D eigenvalue weighted by Gasteiger charge is 2.32. The molecule has 0 saturated carbocycles. The van der Waals surface area contributed by atoms with Crippen molar-refractivity contribution in [3.05, 3.63) is 59.8 Å². The van der Waals surface area contributed by atoms with E-state index in [4.69, 9.17) is 4.74 Å². The lowest BCUT2D eigenvalue weighted by Crippen LogP contribution is -2.26. The third-order valence-electron chi connectivity index (χ3n) is 3.72. The highest BCUT2D eigenvalue weighted by Crippen LogP contribution is 2.25. The van der Waals surface area contributed by atoms with E-state index < -0.39 is 9.84 Å². The quantitative estimate of drug-likeness (QED) is 0.628. The van der Waals surface area contributed by atoms with E-state index in [0.29, 0.717) is 17.0 Å². The second kappa shape index (κ2) is 7.44. The van der Waals surface area contributed by atoms with Gasteiger partial charge >= 0.3 is 5.03 Å². The fraction of sp³-hybridized carbons (Fsp3) is 0.176. The molecule has 0 saturated heterocycles. The molecule has 26 heavy (non-hydrogen) atoms. The second-order valence-corrected chi connectivity index (χ2v) is 7.42. The zero-order valence-electron chi connectivity index (χ0n) is 14.0. The van der Waals surface area contributed by atoms with Crippen molar-refractivity contribution in [3.8, 4) is 17.0 Å². The molecule has 0 spiro atoms. The summed E-state index contributed by atoms with van der Waals surface area (Å²) in [5, 5.41) is 17.9. The molecule has 3 aromatic rings. The van der Waals surface area contributed by atoms with Crippen LogP contribution in [0.1, 0.15) is 0 Å². The number of para-hydroxylation sites is 2. The number of ether oxygens (including phenoxy) is 1. The number of anilines is 1. The van der Waals surface area contributed by atoms with Gasteiger partial charge < -0.3 is 15.3 Å². The summed E-state index contributed by atoms with van der Waals surface area (Å²) in [5.41, 5.74) is 0.968. The molecular formula is C17H17N3O5S. The van der Waals surface area contributed by atoms with Crippen LogP contribution in [-0.2, 0) is 9.84 Å². The molecule has 1 aromatic heterocycles. The summed E-state index contributed by atoms with van der Waals surface area (Å²) in [6.45, 7) is 0.114.